The molecule has 108 valence electrons. The van der Waals surface area contributed by atoms with Crippen LogP contribution in [0.3, 0.4) is 0 Å². The molecule has 0 bridgehead atoms. The molecule has 0 heterocycles. The molecule has 0 aliphatic carbocycles. The number of nitrogens with zero attached hydrogens (tertiary/aromatic N) is 1. The van der Waals surface area contributed by atoms with Gasteiger partial charge in [-0.1, -0.05) is 13.8 Å². The first-order chi connectivity index (χ1) is 9.47. The number of nitriles is 1. The highest BCUT2D eigenvalue weighted by Crippen LogP contribution is 2.24. The topological polar surface area (TPSA) is 74.1 Å². The molecule has 0 aromatic heterocycles. The van der Waals surface area contributed by atoms with Crippen LogP contribution >= 0.6 is 0 Å². The molecule has 0 fully saturated rings. The largest absolute Gasteiger partial charge is 0.495 e. The van der Waals surface area contributed by atoms with E-state index in [1.54, 1.807) is 18.2 Å². The summed E-state index contributed by atoms with van der Waals surface area (Å²) in [5, 5.41) is 14.8. The molecule has 1 rings (SSSR count). The van der Waals surface area contributed by atoms with Crippen LogP contribution in [0.5, 0.6) is 5.75 Å². The summed E-state index contributed by atoms with van der Waals surface area (Å²) < 4.78 is 5.19. The Bertz CT molecular complexity index is 506. The minimum absolute atomic E-state index is 0.0717. The SMILES string of the molecule is COc1cc(C#N)ccc1NCC(=O)NC(C)C(C)C. The van der Waals surface area contributed by atoms with Gasteiger partial charge in [0.15, 0.2) is 0 Å². The van der Waals surface area contributed by atoms with Crippen molar-refractivity contribution in [1.29, 1.82) is 5.26 Å². The fraction of sp³-hybridized carbons (Fsp3) is 0.467. The number of nitrogens with one attached hydrogen (secondary N) is 2. The zero-order valence-corrected chi connectivity index (χ0v) is 12.4. The van der Waals surface area contributed by atoms with Crippen LogP contribution < -0.4 is 15.4 Å². The Morgan fingerprint density at radius 1 is 1.40 bits per heavy atom. The summed E-state index contributed by atoms with van der Waals surface area (Å²) in [6, 6.07) is 7.23. The third-order valence-electron chi connectivity index (χ3n) is 3.16. The molecule has 2 N–H and O–H groups in total. The highest BCUT2D eigenvalue weighted by molar-refractivity contribution is 5.81. The number of benzene rings is 1. The number of carbonyl (C=O) groups is 1. The van der Waals surface area contributed by atoms with Crippen LogP contribution in [0.1, 0.15) is 26.3 Å². The van der Waals surface area contributed by atoms with Crippen LogP contribution in [-0.2, 0) is 4.79 Å². The monoisotopic (exact) mass is 275 g/mol. The average Bonchev–Trinajstić information content (AvgIpc) is 2.44. The number of anilines is 1. The Morgan fingerprint density at radius 2 is 2.10 bits per heavy atom. The molecule has 1 aromatic rings. The second-order valence-corrected chi connectivity index (χ2v) is 4.98. The second-order valence-electron chi connectivity index (χ2n) is 4.98. The van der Waals surface area contributed by atoms with E-state index in [1.807, 2.05) is 13.0 Å². The molecule has 0 spiro atoms. The number of hydrogen-bond donors (Lipinski definition) is 2. The average molecular weight is 275 g/mol. The maximum Gasteiger partial charge on any atom is 0.239 e. The summed E-state index contributed by atoms with van der Waals surface area (Å²) in [4.78, 5) is 11.8. The fourth-order valence-corrected chi connectivity index (χ4v) is 1.55. The van der Waals surface area contributed by atoms with E-state index in [-0.39, 0.29) is 18.5 Å². The Morgan fingerprint density at radius 3 is 2.65 bits per heavy atom. The van der Waals surface area contributed by atoms with Gasteiger partial charge in [-0.05, 0) is 25.0 Å². The van der Waals surface area contributed by atoms with Crippen molar-refractivity contribution in [3.05, 3.63) is 23.8 Å². The highest BCUT2D eigenvalue weighted by atomic mass is 16.5. The van der Waals surface area contributed by atoms with Crippen LogP contribution in [-0.4, -0.2) is 25.6 Å². The van der Waals surface area contributed by atoms with E-state index in [0.29, 0.717) is 22.9 Å². The van der Waals surface area contributed by atoms with Crippen molar-refractivity contribution in [3.8, 4) is 11.8 Å². The van der Waals surface area contributed by atoms with Gasteiger partial charge in [-0.25, -0.2) is 0 Å². The van der Waals surface area contributed by atoms with Gasteiger partial charge >= 0.3 is 0 Å². The third-order valence-corrected chi connectivity index (χ3v) is 3.16. The second kappa shape index (κ2) is 7.39. The first kappa shape index (κ1) is 15.8. The lowest BCUT2D eigenvalue weighted by atomic mass is 10.1. The molecule has 0 saturated carbocycles. The maximum atomic E-state index is 11.8. The van der Waals surface area contributed by atoms with Gasteiger partial charge in [0.05, 0.1) is 31.0 Å². The molecule has 20 heavy (non-hydrogen) atoms. The van der Waals surface area contributed by atoms with E-state index in [4.69, 9.17) is 10.00 Å². The van der Waals surface area contributed by atoms with Gasteiger partial charge in [0, 0.05) is 12.1 Å². The number of methoxy groups -OCH3 is 1. The van der Waals surface area contributed by atoms with Crippen molar-refractivity contribution in [2.75, 3.05) is 19.0 Å². The van der Waals surface area contributed by atoms with Crippen molar-refractivity contribution in [2.45, 2.75) is 26.8 Å². The number of ether oxygens (including phenoxy) is 1. The van der Waals surface area contributed by atoms with E-state index >= 15 is 0 Å². The number of amides is 1. The van der Waals surface area contributed by atoms with Gasteiger partial charge in [-0.3, -0.25) is 4.79 Å². The first-order valence-corrected chi connectivity index (χ1v) is 6.59. The number of hydrogen-bond acceptors (Lipinski definition) is 4. The molecule has 0 saturated heterocycles. The maximum absolute atomic E-state index is 11.8. The van der Waals surface area contributed by atoms with Gasteiger partial charge in [-0.2, -0.15) is 5.26 Å². The van der Waals surface area contributed by atoms with Crippen LogP contribution in [0.25, 0.3) is 0 Å². The van der Waals surface area contributed by atoms with Crippen molar-refractivity contribution < 1.29 is 9.53 Å². The molecule has 1 atom stereocenters. The lowest BCUT2D eigenvalue weighted by Gasteiger charge is -2.18. The minimum Gasteiger partial charge on any atom is -0.495 e. The molecule has 0 aliphatic rings. The van der Waals surface area contributed by atoms with E-state index in [1.165, 1.54) is 7.11 Å². The van der Waals surface area contributed by atoms with Crippen LogP contribution in [0.4, 0.5) is 5.69 Å². The van der Waals surface area contributed by atoms with Gasteiger partial charge < -0.3 is 15.4 Å². The quantitative estimate of drug-likeness (QED) is 0.834. The van der Waals surface area contributed by atoms with Crippen molar-refractivity contribution in [3.63, 3.8) is 0 Å². The Balaban J connectivity index is 2.62. The van der Waals surface area contributed by atoms with Crippen molar-refractivity contribution >= 4 is 11.6 Å². The van der Waals surface area contributed by atoms with Crippen LogP contribution in [0.15, 0.2) is 18.2 Å². The summed E-state index contributed by atoms with van der Waals surface area (Å²) in [5.41, 5.74) is 1.21. The lowest BCUT2D eigenvalue weighted by Crippen LogP contribution is -2.39. The predicted octanol–water partition coefficient (Wildman–Crippen LogP) is 2.14. The smallest absolute Gasteiger partial charge is 0.239 e. The Hall–Kier alpha value is -2.22. The van der Waals surface area contributed by atoms with Gasteiger partial charge in [-0.15, -0.1) is 0 Å². The highest BCUT2D eigenvalue weighted by Gasteiger charge is 2.11. The van der Waals surface area contributed by atoms with E-state index < -0.39 is 0 Å². The minimum atomic E-state index is -0.0717. The van der Waals surface area contributed by atoms with E-state index in [9.17, 15) is 4.79 Å². The van der Waals surface area contributed by atoms with E-state index in [0.717, 1.165) is 0 Å². The normalized spacial score (nSPS) is 11.6. The number of carbonyl (C=O) groups excluding carboxylic acids is 1. The molecule has 5 nitrogen and oxygen atoms in total. The molecule has 0 aliphatic heterocycles. The molecular formula is C15H21N3O2. The van der Waals surface area contributed by atoms with Crippen LogP contribution in [0.2, 0.25) is 0 Å². The summed E-state index contributed by atoms with van der Waals surface area (Å²) in [6.07, 6.45) is 0. The van der Waals surface area contributed by atoms with Gasteiger partial charge in [0.2, 0.25) is 5.91 Å². The summed E-state index contributed by atoms with van der Waals surface area (Å²) in [6.45, 7) is 6.26. The van der Waals surface area contributed by atoms with Gasteiger partial charge in [0.1, 0.15) is 5.75 Å². The summed E-state index contributed by atoms with van der Waals surface area (Å²) in [5.74, 6) is 0.870. The molecule has 0 radical (unpaired) electrons. The summed E-state index contributed by atoms with van der Waals surface area (Å²) >= 11 is 0. The Kier molecular flexibility index (Phi) is 5.85. The Labute approximate surface area is 119 Å². The first-order valence-electron chi connectivity index (χ1n) is 6.59. The predicted molar refractivity (Wildman–Crippen MR) is 78.6 cm³/mol. The fourth-order valence-electron chi connectivity index (χ4n) is 1.55. The van der Waals surface area contributed by atoms with Crippen molar-refractivity contribution in [1.82, 2.24) is 5.32 Å². The number of rotatable bonds is 6. The zero-order chi connectivity index (χ0) is 15.1. The standard InChI is InChI=1S/C15H21N3O2/c1-10(2)11(3)18-15(19)9-17-13-6-5-12(8-16)7-14(13)20-4/h5-7,10-11,17H,9H2,1-4H3,(H,18,19). The molecular weight excluding hydrogens is 254 g/mol. The lowest BCUT2D eigenvalue weighted by molar-refractivity contribution is -0.120. The summed E-state index contributed by atoms with van der Waals surface area (Å²) in [7, 11) is 1.53. The third kappa shape index (κ3) is 4.47. The van der Waals surface area contributed by atoms with Crippen LogP contribution in [0, 0.1) is 17.2 Å². The zero-order valence-electron chi connectivity index (χ0n) is 12.4. The molecule has 1 aromatic carbocycles. The molecule has 5 heteroatoms. The van der Waals surface area contributed by atoms with E-state index in [2.05, 4.69) is 24.5 Å². The van der Waals surface area contributed by atoms with Gasteiger partial charge in [0.25, 0.3) is 0 Å². The molecule has 1 unspecified atom stereocenters. The molecule has 1 amide bonds. The van der Waals surface area contributed by atoms with Crippen molar-refractivity contribution in [2.24, 2.45) is 5.92 Å².